The number of carbonyl (C=O) groups is 6. The molecule has 84 heavy (non-hydrogen) atoms. The third-order valence-corrected chi connectivity index (χ3v) is 15.8. The van der Waals surface area contributed by atoms with Gasteiger partial charge in [0.05, 0.1) is 66.5 Å². The number of nitrogens with zero attached hydrogens (tertiary/aromatic N) is 3. The maximum absolute atomic E-state index is 14.0. The molecule has 2 aliphatic rings. The number of fused-ring (bicyclic) bond motifs is 1. The summed E-state index contributed by atoms with van der Waals surface area (Å²) in [5.74, 6) is -1.40. The maximum atomic E-state index is 14.0. The van der Waals surface area contributed by atoms with Crippen molar-refractivity contribution in [3.8, 4) is 34.5 Å². The van der Waals surface area contributed by atoms with E-state index in [0.717, 1.165) is 105 Å². The summed E-state index contributed by atoms with van der Waals surface area (Å²) in [7, 11) is 0. The second kappa shape index (κ2) is 34.7. The topological polar surface area (TPSA) is 205 Å². The van der Waals surface area contributed by atoms with E-state index < -0.39 is 35.7 Å². The highest BCUT2D eigenvalue weighted by molar-refractivity contribution is 7.22. The molecule has 0 radical (unpaired) electrons. The molecule has 1 heterocycles. The Morgan fingerprint density at radius 1 is 0.524 bits per heavy atom. The van der Waals surface area contributed by atoms with E-state index in [1.54, 1.807) is 72.9 Å². The molecular formula is C66H79N3O14S. The molecule has 5 aromatic rings. The van der Waals surface area contributed by atoms with Crippen molar-refractivity contribution in [2.75, 3.05) is 38.0 Å². The Kier molecular flexibility index (Phi) is 26.3. The van der Waals surface area contributed by atoms with Gasteiger partial charge in [0.1, 0.15) is 34.5 Å². The van der Waals surface area contributed by atoms with Crippen LogP contribution in [-0.2, 0) is 38.2 Å². The minimum Gasteiger partial charge on any atom is -0.494 e. The first-order valence-corrected chi connectivity index (χ1v) is 30.5. The fourth-order valence-electron chi connectivity index (χ4n) is 9.86. The van der Waals surface area contributed by atoms with Crippen molar-refractivity contribution in [2.24, 2.45) is 28.8 Å². The number of para-hydroxylation sites is 1. The number of anilines is 1. The van der Waals surface area contributed by atoms with Gasteiger partial charge in [0.15, 0.2) is 0 Å². The van der Waals surface area contributed by atoms with Gasteiger partial charge in [0.2, 0.25) is 5.13 Å². The Labute approximate surface area is 496 Å². The zero-order chi connectivity index (χ0) is 59.3. The number of hydrogen-bond donors (Lipinski definition) is 0. The molecule has 17 nitrogen and oxygen atoms in total. The van der Waals surface area contributed by atoms with E-state index >= 15 is 0 Å². The van der Waals surface area contributed by atoms with E-state index in [1.807, 2.05) is 29.3 Å². The van der Waals surface area contributed by atoms with E-state index in [4.69, 9.17) is 48.0 Å². The van der Waals surface area contributed by atoms with Crippen molar-refractivity contribution in [2.45, 2.75) is 135 Å². The summed E-state index contributed by atoms with van der Waals surface area (Å²) in [5.41, 5.74) is 1.29. The molecule has 0 atom stereocenters. The smallest absolute Gasteiger partial charge is 0.330 e. The molecule has 7 rings (SSSR count). The molecule has 0 bridgehead atoms. The number of thiazole rings is 1. The summed E-state index contributed by atoms with van der Waals surface area (Å²) in [5, 5.41) is 7.51. The molecule has 2 saturated carbocycles. The largest absolute Gasteiger partial charge is 0.494 e. The average molecular weight is 1170 g/mol. The van der Waals surface area contributed by atoms with Gasteiger partial charge in [-0.2, -0.15) is 5.10 Å². The third-order valence-electron chi connectivity index (χ3n) is 14.8. The van der Waals surface area contributed by atoms with Crippen molar-refractivity contribution < 1.29 is 66.7 Å². The van der Waals surface area contributed by atoms with Crippen LogP contribution in [0.2, 0.25) is 0 Å². The van der Waals surface area contributed by atoms with Crippen LogP contribution in [0.1, 0.15) is 141 Å². The number of benzene rings is 4. The Balaban J connectivity index is 0.911. The molecular weight excluding hydrogens is 1090 g/mol. The number of aromatic nitrogens is 1. The third kappa shape index (κ3) is 21.1. The van der Waals surface area contributed by atoms with Gasteiger partial charge in [-0.15, -0.1) is 0 Å². The van der Waals surface area contributed by atoms with Crippen LogP contribution >= 0.6 is 11.3 Å². The lowest BCUT2D eigenvalue weighted by atomic mass is 9.82. The highest BCUT2D eigenvalue weighted by Crippen LogP contribution is 2.36. The lowest BCUT2D eigenvalue weighted by Gasteiger charge is -2.26. The van der Waals surface area contributed by atoms with Crippen molar-refractivity contribution >= 4 is 68.7 Å². The van der Waals surface area contributed by atoms with Gasteiger partial charge in [-0.1, -0.05) is 62.8 Å². The summed E-state index contributed by atoms with van der Waals surface area (Å²) in [6.45, 7) is 11.4. The van der Waals surface area contributed by atoms with E-state index in [9.17, 15) is 28.8 Å². The van der Waals surface area contributed by atoms with Crippen molar-refractivity contribution in [1.82, 2.24) is 4.98 Å². The number of hydrogen-bond acceptors (Lipinski definition) is 18. The molecule has 1 aromatic heterocycles. The lowest BCUT2D eigenvalue weighted by Crippen LogP contribution is -2.30. The number of rotatable bonds is 34. The van der Waals surface area contributed by atoms with Gasteiger partial charge in [-0.25, -0.2) is 19.6 Å². The number of hydrazone groups is 1. The molecule has 4 aromatic carbocycles. The number of esters is 6. The van der Waals surface area contributed by atoms with E-state index in [0.29, 0.717) is 113 Å². The van der Waals surface area contributed by atoms with Crippen LogP contribution in [-0.4, -0.2) is 80.0 Å². The molecule has 18 heteroatoms. The van der Waals surface area contributed by atoms with Crippen LogP contribution in [0.3, 0.4) is 0 Å². The normalized spacial score (nSPS) is 16.7. The summed E-state index contributed by atoms with van der Waals surface area (Å²) >= 11 is 1.54. The molecule has 0 aliphatic heterocycles. The Morgan fingerprint density at radius 3 is 1.43 bits per heavy atom. The average Bonchev–Trinajstić information content (AvgIpc) is 4.13. The zero-order valence-corrected chi connectivity index (χ0v) is 49.1. The first-order valence-electron chi connectivity index (χ1n) is 29.7. The predicted molar refractivity (Wildman–Crippen MR) is 322 cm³/mol. The molecule has 0 saturated heterocycles. The summed E-state index contributed by atoms with van der Waals surface area (Å²) in [6, 6.07) is 26.7. The summed E-state index contributed by atoms with van der Waals surface area (Å²) in [6.07, 6.45) is 18.5. The Hall–Kier alpha value is -7.86. The summed E-state index contributed by atoms with van der Waals surface area (Å²) < 4.78 is 46.4. The van der Waals surface area contributed by atoms with E-state index in [1.165, 1.54) is 11.3 Å². The van der Waals surface area contributed by atoms with Crippen LogP contribution in [0.15, 0.2) is 121 Å². The van der Waals surface area contributed by atoms with E-state index in [-0.39, 0.29) is 35.3 Å². The van der Waals surface area contributed by atoms with Gasteiger partial charge in [0.25, 0.3) is 0 Å². The molecule has 0 amide bonds. The quantitative estimate of drug-likeness (QED) is 0.00938. The van der Waals surface area contributed by atoms with Crippen LogP contribution in [0, 0.1) is 23.7 Å². The Bertz CT molecular complexity index is 2930. The fraction of sp³-hybridized carbons (Fsp3) is 0.455. The minimum atomic E-state index is -0.463. The first-order chi connectivity index (χ1) is 41.0. The highest BCUT2D eigenvalue weighted by atomic mass is 32.1. The standard InChI is InChI=1S/C66H79N3O14S/c1-4-7-8-15-40-69(66-68-57-20-13-14-21-59(57)84-66)67-46-51-45-56(82-64(74)49-24-22-47(23-25-49)62(72)80-54-34-30-52(31-35-54)76-41-16-9-11-18-43-78-60(70)5-2)38-39-58(51)83-65(75)50-28-26-48(27-29-50)63(73)81-55-36-32-53(33-37-55)77-42-17-10-12-19-44-79-61(71)6-3/h5-6,13-14,20-21,30-39,45-50H,2-4,7-12,15-19,22-29,40-44H2,1H3/b67-46+/t47-,48-,49-,50+. The van der Waals surface area contributed by atoms with Gasteiger partial charge in [-0.05, 0) is 188 Å². The molecule has 2 fully saturated rings. The van der Waals surface area contributed by atoms with Gasteiger partial charge >= 0.3 is 35.8 Å². The van der Waals surface area contributed by atoms with Crippen molar-refractivity contribution in [3.05, 3.63) is 122 Å². The molecule has 448 valence electrons. The highest BCUT2D eigenvalue weighted by Gasteiger charge is 2.34. The molecule has 0 spiro atoms. The van der Waals surface area contributed by atoms with Crippen molar-refractivity contribution in [1.29, 1.82) is 0 Å². The maximum Gasteiger partial charge on any atom is 0.330 e. The van der Waals surface area contributed by atoms with Crippen LogP contribution < -0.4 is 33.4 Å². The molecule has 0 unspecified atom stereocenters. The SMILES string of the molecule is C=CC(=O)OCCCCCCOc1ccc(OC(=O)[C@H]2CC[C@H](C(=O)Oc3ccc(OC(=O)[C@H]4CC[C@@H](C(=O)Oc5ccc(OCCCCCCOC(=O)C=C)cc5)CC4)c(/C=N/N(CCCCCC)c4nc5ccccc5s4)c3)CC2)cc1. The first kappa shape index (κ1) is 63.7. The van der Waals surface area contributed by atoms with Gasteiger partial charge < -0.3 is 37.9 Å². The predicted octanol–water partition coefficient (Wildman–Crippen LogP) is 13.7. The monoisotopic (exact) mass is 1170 g/mol. The molecule has 0 N–H and O–H groups in total. The van der Waals surface area contributed by atoms with E-state index in [2.05, 4.69) is 20.1 Å². The second-order valence-corrected chi connectivity index (χ2v) is 22.1. The van der Waals surface area contributed by atoms with Gasteiger partial charge in [-0.3, -0.25) is 19.2 Å². The van der Waals surface area contributed by atoms with Crippen LogP contribution in [0.5, 0.6) is 34.5 Å². The zero-order valence-electron chi connectivity index (χ0n) is 48.3. The summed E-state index contributed by atoms with van der Waals surface area (Å²) in [4.78, 5) is 81.5. The second-order valence-electron chi connectivity index (χ2n) is 21.1. The van der Waals surface area contributed by atoms with Gasteiger partial charge in [0, 0.05) is 24.3 Å². The van der Waals surface area contributed by atoms with Crippen LogP contribution in [0.25, 0.3) is 10.2 Å². The van der Waals surface area contributed by atoms with Crippen molar-refractivity contribution in [3.63, 3.8) is 0 Å². The lowest BCUT2D eigenvalue weighted by molar-refractivity contribution is -0.145. The fourth-order valence-corrected chi connectivity index (χ4v) is 10.8. The number of carbonyl (C=O) groups excluding carboxylic acids is 6. The minimum absolute atomic E-state index is 0.242. The number of ether oxygens (including phenoxy) is 8. The Morgan fingerprint density at radius 2 is 0.952 bits per heavy atom. The number of unbranched alkanes of at least 4 members (excludes halogenated alkanes) is 9. The molecule has 2 aliphatic carbocycles. The van der Waals surface area contributed by atoms with Crippen LogP contribution in [0.4, 0.5) is 5.13 Å².